The molecular weight excluding hydrogens is 350 g/mol. The number of hydrogen-bond acceptors (Lipinski definition) is 6. The van der Waals surface area contributed by atoms with E-state index < -0.39 is 5.97 Å². The minimum Gasteiger partial charge on any atom is -0.461 e. The van der Waals surface area contributed by atoms with Crippen molar-refractivity contribution in [2.45, 2.75) is 30.6 Å². The maximum atomic E-state index is 13.0. The lowest BCUT2D eigenvalue weighted by atomic mass is 9.99. The first-order valence-corrected chi connectivity index (χ1v) is 9.22. The van der Waals surface area contributed by atoms with Gasteiger partial charge in [0.1, 0.15) is 5.56 Å². The summed E-state index contributed by atoms with van der Waals surface area (Å²) >= 11 is 7.79. The lowest BCUT2D eigenvalue weighted by Gasteiger charge is -2.06. The number of benzene rings is 1. The highest BCUT2D eigenvalue weighted by Crippen LogP contribution is 2.43. The van der Waals surface area contributed by atoms with Crippen LogP contribution in [-0.2, 0) is 4.74 Å². The van der Waals surface area contributed by atoms with E-state index in [9.17, 15) is 9.59 Å². The minimum atomic E-state index is -0.659. The molecule has 0 saturated heterocycles. The molecule has 0 unspecified atom stereocenters. The summed E-state index contributed by atoms with van der Waals surface area (Å²) in [4.78, 5) is 26.1. The molecule has 0 bridgehead atoms. The molecule has 1 aromatic carbocycles. The molecule has 0 aliphatic heterocycles. The van der Waals surface area contributed by atoms with Gasteiger partial charge in [0.15, 0.2) is 5.76 Å². The van der Waals surface area contributed by atoms with Crippen LogP contribution in [0.1, 0.15) is 57.9 Å². The molecule has 24 heavy (non-hydrogen) atoms. The number of hydrogen-bond donors (Lipinski definition) is 0. The van der Waals surface area contributed by atoms with Crippen LogP contribution in [0.15, 0.2) is 27.6 Å². The quantitative estimate of drug-likeness (QED) is 0.431. The normalized spacial score (nSPS) is 13.8. The number of esters is 1. The van der Waals surface area contributed by atoms with E-state index in [4.69, 9.17) is 20.9 Å². The van der Waals surface area contributed by atoms with E-state index in [0.717, 1.165) is 17.7 Å². The first-order chi connectivity index (χ1) is 11.6. The smallest absolute Gasteiger partial charge is 0.361 e. The molecule has 1 saturated carbocycles. The summed E-state index contributed by atoms with van der Waals surface area (Å²) in [6, 6.07) is 5.21. The molecule has 2 aromatic rings. The Morgan fingerprint density at radius 2 is 2.17 bits per heavy atom. The van der Waals surface area contributed by atoms with Gasteiger partial charge in [0.05, 0.1) is 11.6 Å². The van der Waals surface area contributed by atoms with E-state index in [1.54, 1.807) is 19.1 Å². The zero-order valence-corrected chi connectivity index (χ0v) is 14.9. The largest absolute Gasteiger partial charge is 0.461 e. The summed E-state index contributed by atoms with van der Waals surface area (Å²) in [5.74, 6) is -0.441. The fourth-order valence-electron chi connectivity index (χ4n) is 2.43. The Morgan fingerprint density at radius 3 is 2.75 bits per heavy atom. The standard InChI is InChI=1S/C17H16ClNO4S/c1-3-22-17(21)14-13(16(23-19-14)9-4-5-9)15(20)11-7-6-10(24-2)8-12(11)18/h6-9H,3-5H2,1-2H3. The Labute approximate surface area is 148 Å². The van der Waals surface area contributed by atoms with Crippen molar-refractivity contribution in [3.63, 3.8) is 0 Å². The number of thioether (sulfide) groups is 1. The van der Waals surface area contributed by atoms with Crippen LogP contribution in [0, 0.1) is 0 Å². The van der Waals surface area contributed by atoms with E-state index in [-0.39, 0.29) is 29.6 Å². The lowest BCUT2D eigenvalue weighted by molar-refractivity contribution is 0.0512. The summed E-state index contributed by atoms with van der Waals surface area (Å²) in [5, 5.41) is 4.13. The Morgan fingerprint density at radius 1 is 1.42 bits per heavy atom. The molecule has 3 rings (SSSR count). The van der Waals surface area contributed by atoms with Crippen LogP contribution in [0.3, 0.4) is 0 Å². The van der Waals surface area contributed by atoms with Crippen molar-refractivity contribution >= 4 is 35.1 Å². The number of ketones is 1. The zero-order chi connectivity index (χ0) is 17.3. The predicted molar refractivity (Wildman–Crippen MR) is 91.1 cm³/mol. The van der Waals surface area contributed by atoms with Crippen molar-refractivity contribution in [3.8, 4) is 0 Å². The maximum absolute atomic E-state index is 13.0. The zero-order valence-electron chi connectivity index (χ0n) is 13.3. The predicted octanol–water partition coefficient (Wildman–Crippen LogP) is 4.34. The molecule has 0 atom stereocenters. The molecule has 0 radical (unpaired) electrons. The van der Waals surface area contributed by atoms with Crippen molar-refractivity contribution in [2.24, 2.45) is 0 Å². The van der Waals surface area contributed by atoms with E-state index >= 15 is 0 Å². The third-order valence-corrected chi connectivity index (χ3v) is 4.82. The molecule has 1 aliphatic rings. The third kappa shape index (κ3) is 3.21. The van der Waals surface area contributed by atoms with Crippen LogP contribution in [0.25, 0.3) is 0 Å². The van der Waals surface area contributed by atoms with Gasteiger partial charge in [-0.2, -0.15) is 0 Å². The topological polar surface area (TPSA) is 69.4 Å². The van der Waals surface area contributed by atoms with Crippen molar-refractivity contribution in [1.29, 1.82) is 0 Å². The number of carbonyl (C=O) groups is 2. The molecule has 1 heterocycles. The van der Waals surface area contributed by atoms with Gasteiger partial charge in [0.25, 0.3) is 0 Å². The Kier molecular flexibility index (Phi) is 4.96. The van der Waals surface area contributed by atoms with Gasteiger partial charge >= 0.3 is 5.97 Å². The SMILES string of the molecule is CCOC(=O)c1noc(C2CC2)c1C(=O)c1ccc(SC)cc1Cl. The molecule has 7 heteroatoms. The fourth-order valence-corrected chi connectivity index (χ4v) is 3.20. The summed E-state index contributed by atoms with van der Waals surface area (Å²) in [6.07, 6.45) is 3.75. The molecule has 0 spiro atoms. The van der Waals surface area contributed by atoms with Crippen LogP contribution in [-0.4, -0.2) is 29.8 Å². The fraction of sp³-hybridized carbons (Fsp3) is 0.353. The second-order valence-electron chi connectivity index (χ2n) is 5.44. The Bertz CT molecular complexity index is 798. The first kappa shape index (κ1) is 17.0. The van der Waals surface area contributed by atoms with Gasteiger partial charge in [-0.25, -0.2) is 4.79 Å². The summed E-state index contributed by atoms with van der Waals surface area (Å²) in [6.45, 7) is 1.89. The van der Waals surface area contributed by atoms with E-state index in [1.165, 1.54) is 11.8 Å². The van der Waals surface area contributed by atoms with Crippen molar-refractivity contribution in [1.82, 2.24) is 5.16 Å². The van der Waals surface area contributed by atoms with E-state index in [2.05, 4.69) is 5.16 Å². The second-order valence-corrected chi connectivity index (χ2v) is 6.73. The highest BCUT2D eigenvalue weighted by atomic mass is 35.5. The van der Waals surface area contributed by atoms with Gasteiger partial charge in [-0.3, -0.25) is 4.79 Å². The first-order valence-electron chi connectivity index (χ1n) is 7.61. The molecular formula is C17H16ClNO4S. The highest BCUT2D eigenvalue weighted by Gasteiger charge is 2.37. The average Bonchev–Trinajstić information content (AvgIpc) is 3.32. The van der Waals surface area contributed by atoms with Gasteiger partial charge < -0.3 is 9.26 Å². The van der Waals surface area contributed by atoms with Crippen LogP contribution < -0.4 is 0 Å². The Balaban J connectivity index is 2.05. The molecule has 1 aliphatic carbocycles. The monoisotopic (exact) mass is 365 g/mol. The van der Waals surface area contributed by atoms with Gasteiger partial charge in [-0.1, -0.05) is 16.8 Å². The number of carbonyl (C=O) groups excluding carboxylic acids is 2. The summed E-state index contributed by atoms with van der Waals surface area (Å²) in [5.41, 5.74) is 0.425. The maximum Gasteiger partial charge on any atom is 0.361 e. The molecule has 126 valence electrons. The van der Waals surface area contributed by atoms with Crippen molar-refractivity contribution in [2.75, 3.05) is 12.9 Å². The van der Waals surface area contributed by atoms with Gasteiger partial charge in [0, 0.05) is 16.4 Å². The summed E-state index contributed by atoms with van der Waals surface area (Å²) < 4.78 is 10.3. The van der Waals surface area contributed by atoms with Gasteiger partial charge in [0.2, 0.25) is 11.5 Å². The van der Waals surface area contributed by atoms with Crippen molar-refractivity contribution in [3.05, 3.63) is 45.8 Å². The molecule has 5 nitrogen and oxygen atoms in total. The highest BCUT2D eigenvalue weighted by molar-refractivity contribution is 7.98. The lowest BCUT2D eigenvalue weighted by Crippen LogP contribution is -2.13. The number of rotatable bonds is 6. The molecule has 0 amide bonds. The molecule has 1 fully saturated rings. The van der Waals surface area contributed by atoms with Gasteiger partial charge in [-0.05, 0) is 44.2 Å². The number of ether oxygens (including phenoxy) is 1. The average molecular weight is 366 g/mol. The van der Waals surface area contributed by atoms with Crippen molar-refractivity contribution < 1.29 is 18.8 Å². The van der Waals surface area contributed by atoms with E-state index in [0.29, 0.717) is 16.3 Å². The van der Waals surface area contributed by atoms with E-state index in [1.807, 2.05) is 12.3 Å². The van der Waals surface area contributed by atoms with Crippen LogP contribution in [0.2, 0.25) is 5.02 Å². The van der Waals surface area contributed by atoms with Crippen LogP contribution in [0.5, 0.6) is 0 Å². The van der Waals surface area contributed by atoms with Crippen LogP contribution >= 0.6 is 23.4 Å². The second kappa shape index (κ2) is 6.99. The number of nitrogens with zero attached hydrogens (tertiary/aromatic N) is 1. The number of halogens is 1. The van der Waals surface area contributed by atoms with Crippen LogP contribution in [0.4, 0.5) is 0 Å². The minimum absolute atomic E-state index is 0.0752. The Hall–Kier alpha value is -1.79. The molecule has 0 N–H and O–H groups in total. The van der Waals surface area contributed by atoms with Gasteiger partial charge in [-0.15, -0.1) is 11.8 Å². The number of aromatic nitrogens is 1. The third-order valence-electron chi connectivity index (χ3n) is 3.78. The summed E-state index contributed by atoms with van der Waals surface area (Å²) in [7, 11) is 0. The molecule has 1 aromatic heterocycles.